The van der Waals surface area contributed by atoms with Gasteiger partial charge in [0.25, 0.3) is 0 Å². The van der Waals surface area contributed by atoms with Crippen molar-refractivity contribution < 1.29 is 14.6 Å². The molecule has 3 rings (SSSR count). The first-order valence-electron chi connectivity index (χ1n) is 8.07. The number of carbonyl (C=O) groups excluding carboxylic acids is 1. The second kappa shape index (κ2) is 8.29. The molecule has 0 heterocycles. The molecule has 0 atom stereocenters. The zero-order chi connectivity index (χ0) is 19.2. The largest absolute Gasteiger partial charge is 0.507 e. The summed E-state index contributed by atoms with van der Waals surface area (Å²) in [5, 5.41) is 19.3. The smallest absolute Gasteiger partial charge is 0.337 e. The summed E-state index contributed by atoms with van der Waals surface area (Å²) in [5.41, 5.74) is 4.41. The standard InChI is InChI=1S/C20H17N3O3S/c1-26-19(25)14-8-10-16(11-9-14)22-20(27)23-21-12-15-7-6-13-4-2-3-5-17(13)18(15)24/h2-12,24H,1H3,(H2,22,23,27). The third-order valence-electron chi connectivity index (χ3n) is 3.87. The number of carbonyl (C=O) groups is 1. The van der Waals surface area contributed by atoms with Gasteiger partial charge < -0.3 is 15.2 Å². The number of aromatic hydroxyl groups is 1. The lowest BCUT2D eigenvalue weighted by atomic mass is 10.1. The van der Waals surface area contributed by atoms with Crippen LogP contribution in [0.2, 0.25) is 0 Å². The molecule has 0 aliphatic heterocycles. The van der Waals surface area contributed by atoms with E-state index in [1.54, 1.807) is 30.3 Å². The number of rotatable bonds is 4. The Labute approximate surface area is 161 Å². The first-order valence-corrected chi connectivity index (χ1v) is 8.48. The number of hydrogen-bond acceptors (Lipinski definition) is 5. The molecular weight excluding hydrogens is 362 g/mol. The molecule has 0 bridgehead atoms. The summed E-state index contributed by atoms with van der Waals surface area (Å²) < 4.78 is 4.65. The zero-order valence-electron chi connectivity index (χ0n) is 14.5. The predicted octanol–water partition coefficient (Wildman–Crippen LogP) is 3.65. The molecule has 0 radical (unpaired) electrons. The van der Waals surface area contributed by atoms with Crippen molar-refractivity contribution in [1.29, 1.82) is 0 Å². The van der Waals surface area contributed by atoms with Crippen molar-refractivity contribution in [3.05, 3.63) is 71.8 Å². The Hall–Kier alpha value is -3.45. The first kappa shape index (κ1) is 18.3. The lowest BCUT2D eigenvalue weighted by Crippen LogP contribution is -2.23. The van der Waals surface area contributed by atoms with Gasteiger partial charge in [-0.1, -0.05) is 30.3 Å². The van der Waals surface area contributed by atoms with Crippen molar-refractivity contribution in [2.24, 2.45) is 5.10 Å². The van der Waals surface area contributed by atoms with E-state index in [0.717, 1.165) is 10.8 Å². The number of thiocarbonyl (C=S) groups is 1. The molecule has 0 amide bonds. The van der Waals surface area contributed by atoms with Crippen LogP contribution in [0.5, 0.6) is 5.75 Å². The van der Waals surface area contributed by atoms with Crippen molar-refractivity contribution in [3.63, 3.8) is 0 Å². The summed E-state index contributed by atoms with van der Waals surface area (Å²) in [6.45, 7) is 0. The number of benzene rings is 3. The number of anilines is 1. The first-order chi connectivity index (χ1) is 13.1. The van der Waals surface area contributed by atoms with E-state index in [9.17, 15) is 9.90 Å². The van der Waals surface area contributed by atoms with E-state index in [2.05, 4.69) is 20.6 Å². The van der Waals surface area contributed by atoms with Gasteiger partial charge in [0.05, 0.1) is 18.9 Å². The van der Waals surface area contributed by atoms with E-state index < -0.39 is 5.97 Å². The minimum absolute atomic E-state index is 0.163. The van der Waals surface area contributed by atoms with E-state index >= 15 is 0 Å². The minimum atomic E-state index is -0.401. The summed E-state index contributed by atoms with van der Waals surface area (Å²) in [6, 6.07) is 17.9. The van der Waals surface area contributed by atoms with Crippen molar-refractivity contribution in [2.75, 3.05) is 12.4 Å². The quantitative estimate of drug-likeness (QED) is 0.278. The van der Waals surface area contributed by atoms with Crippen LogP contribution < -0.4 is 10.7 Å². The number of hydrazone groups is 1. The molecule has 0 spiro atoms. The maximum Gasteiger partial charge on any atom is 0.337 e. The molecule has 0 unspecified atom stereocenters. The van der Waals surface area contributed by atoms with E-state index in [1.165, 1.54) is 13.3 Å². The molecule has 0 saturated heterocycles. The number of esters is 1. The minimum Gasteiger partial charge on any atom is -0.507 e. The van der Waals surface area contributed by atoms with E-state index in [0.29, 0.717) is 16.8 Å². The summed E-state index contributed by atoms with van der Waals surface area (Å²) in [5.74, 6) is -0.238. The number of phenols is 1. The molecule has 3 N–H and O–H groups in total. The Morgan fingerprint density at radius 3 is 2.59 bits per heavy atom. The molecular formula is C20H17N3O3S. The van der Waals surface area contributed by atoms with Gasteiger partial charge >= 0.3 is 5.97 Å². The van der Waals surface area contributed by atoms with Crippen LogP contribution in [0, 0.1) is 0 Å². The van der Waals surface area contributed by atoms with E-state index in [-0.39, 0.29) is 10.9 Å². The van der Waals surface area contributed by atoms with Crippen molar-refractivity contribution in [3.8, 4) is 5.75 Å². The lowest BCUT2D eigenvalue weighted by Gasteiger charge is -2.08. The molecule has 7 heteroatoms. The van der Waals surface area contributed by atoms with Gasteiger partial charge in [-0.2, -0.15) is 5.10 Å². The van der Waals surface area contributed by atoms with Crippen LogP contribution >= 0.6 is 12.2 Å². The maximum atomic E-state index is 11.4. The second-order valence-corrected chi connectivity index (χ2v) is 6.03. The highest BCUT2D eigenvalue weighted by Crippen LogP contribution is 2.27. The van der Waals surface area contributed by atoms with Crippen LogP contribution in [0.3, 0.4) is 0 Å². The number of ether oxygens (including phenoxy) is 1. The average molecular weight is 379 g/mol. The van der Waals surface area contributed by atoms with Gasteiger partial charge in [-0.25, -0.2) is 4.79 Å². The molecule has 0 fully saturated rings. The van der Waals surface area contributed by atoms with E-state index in [4.69, 9.17) is 12.2 Å². The van der Waals surface area contributed by atoms with Gasteiger partial charge in [-0.15, -0.1) is 0 Å². The van der Waals surface area contributed by atoms with Gasteiger partial charge in [0, 0.05) is 16.6 Å². The summed E-state index contributed by atoms with van der Waals surface area (Å²) >= 11 is 5.18. The fraction of sp³-hybridized carbons (Fsp3) is 0.0500. The number of fused-ring (bicyclic) bond motifs is 1. The van der Waals surface area contributed by atoms with Gasteiger partial charge in [-0.05, 0) is 47.9 Å². The Bertz CT molecular complexity index is 1020. The number of phenolic OH excluding ortho intramolecular Hbond substituents is 1. The monoisotopic (exact) mass is 379 g/mol. The third-order valence-corrected chi connectivity index (χ3v) is 4.06. The highest BCUT2D eigenvalue weighted by molar-refractivity contribution is 7.80. The third kappa shape index (κ3) is 4.39. The zero-order valence-corrected chi connectivity index (χ0v) is 15.3. The summed E-state index contributed by atoms with van der Waals surface area (Å²) in [7, 11) is 1.33. The fourth-order valence-electron chi connectivity index (χ4n) is 2.50. The molecule has 3 aromatic rings. The van der Waals surface area contributed by atoms with Crippen LogP contribution in [-0.4, -0.2) is 29.5 Å². The van der Waals surface area contributed by atoms with Crippen LogP contribution in [0.25, 0.3) is 10.8 Å². The number of hydrogen-bond donors (Lipinski definition) is 3. The predicted molar refractivity (Wildman–Crippen MR) is 110 cm³/mol. The molecule has 0 aliphatic carbocycles. The Balaban J connectivity index is 1.62. The molecule has 3 aromatic carbocycles. The van der Waals surface area contributed by atoms with Crippen molar-refractivity contribution in [1.82, 2.24) is 5.43 Å². The normalized spacial score (nSPS) is 10.7. The number of nitrogens with one attached hydrogen (secondary N) is 2. The highest BCUT2D eigenvalue weighted by Gasteiger charge is 2.05. The highest BCUT2D eigenvalue weighted by atomic mass is 32.1. The average Bonchev–Trinajstić information content (AvgIpc) is 2.70. The van der Waals surface area contributed by atoms with Crippen LogP contribution in [0.15, 0.2) is 65.8 Å². The SMILES string of the molecule is COC(=O)c1ccc(NC(=S)NN=Cc2ccc3ccccc3c2O)cc1. The maximum absolute atomic E-state index is 11.4. The lowest BCUT2D eigenvalue weighted by molar-refractivity contribution is 0.0601. The molecule has 0 saturated carbocycles. The Kier molecular flexibility index (Phi) is 5.63. The van der Waals surface area contributed by atoms with Crippen molar-refractivity contribution in [2.45, 2.75) is 0 Å². The fourth-order valence-corrected chi connectivity index (χ4v) is 2.67. The number of nitrogens with zero attached hydrogens (tertiary/aromatic N) is 1. The molecule has 6 nitrogen and oxygen atoms in total. The summed E-state index contributed by atoms with van der Waals surface area (Å²) in [6.07, 6.45) is 1.50. The van der Waals surface area contributed by atoms with Gasteiger partial charge in [0.2, 0.25) is 0 Å². The molecule has 0 aliphatic rings. The van der Waals surface area contributed by atoms with E-state index in [1.807, 2.05) is 30.3 Å². The Morgan fingerprint density at radius 2 is 1.85 bits per heavy atom. The van der Waals surface area contributed by atoms with Gasteiger partial charge in [-0.3, -0.25) is 5.43 Å². The van der Waals surface area contributed by atoms with Crippen LogP contribution in [-0.2, 0) is 4.74 Å². The van der Waals surface area contributed by atoms with Crippen LogP contribution in [0.4, 0.5) is 5.69 Å². The van der Waals surface area contributed by atoms with Gasteiger partial charge in [0.15, 0.2) is 5.11 Å². The molecule has 136 valence electrons. The molecule has 27 heavy (non-hydrogen) atoms. The number of methoxy groups -OCH3 is 1. The summed E-state index contributed by atoms with van der Waals surface area (Å²) in [4.78, 5) is 11.4. The topological polar surface area (TPSA) is 83.0 Å². The van der Waals surface area contributed by atoms with Gasteiger partial charge in [0.1, 0.15) is 5.75 Å². The van der Waals surface area contributed by atoms with Crippen molar-refractivity contribution >= 4 is 46.0 Å². The Morgan fingerprint density at radius 1 is 1.11 bits per heavy atom. The molecule has 0 aromatic heterocycles. The van der Waals surface area contributed by atoms with Crippen LogP contribution in [0.1, 0.15) is 15.9 Å². The second-order valence-electron chi connectivity index (χ2n) is 5.62.